The summed E-state index contributed by atoms with van der Waals surface area (Å²) in [6, 6.07) is 37.1. The normalized spacial score (nSPS) is 14.2. The highest BCUT2D eigenvalue weighted by Gasteiger charge is 2.29. The first-order valence-corrected chi connectivity index (χ1v) is 13.0. The monoisotopic (exact) mass is 501 g/mol. The number of aromatic nitrogens is 1. The van der Waals surface area contributed by atoms with Crippen molar-refractivity contribution in [2.45, 2.75) is 6.04 Å². The Balaban J connectivity index is 1.29. The first-order valence-electron chi connectivity index (χ1n) is 13.0. The van der Waals surface area contributed by atoms with Crippen molar-refractivity contribution in [1.29, 1.82) is 0 Å². The van der Waals surface area contributed by atoms with Crippen LogP contribution in [0.4, 0.5) is 4.39 Å². The van der Waals surface area contributed by atoms with Crippen molar-refractivity contribution in [3.8, 4) is 11.3 Å². The Morgan fingerprint density at radius 2 is 1.29 bits per heavy atom. The van der Waals surface area contributed by atoms with Crippen LogP contribution < -0.4 is 0 Å². The van der Waals surface area contributed by atoms with E-state index in [0.29, 0.717) is 35.4 Å². The van der Waals surface area contributed by atoms with Crippen LogP contribution >= 0.6 is 0 Å². The van der Waals surface area contributed by atoms with Gasteiger partial charge >= 0.3 is 0 Å². The summed E-state index contributed by atoms with van der Waals surface area (Å²) in [5, 5.41) is 0.784. The molecular weight excluding hydrogens is 473 g/mol. The van der Waals surface area contributed by atoms with Gasteiger partial charge in [0.05, 0.1) is 22.8 Å². The van der Waals surface area contributed by atoms with E-state index in [9.17, 15) is 9.18 Å². The molecule has 1 aliphatic rings. The van der Waals surface area contributed by atoms with Crippen molar-refractivity contribution in [3.05, 3.63) is 138 Å². The van der Waals surface area contributed by atoms with Crippen molar-refractivity contribution in [2.24, 2.45) is 0 Å². The molecule has 0 unspecified atom stereocenters. The Morgan fingerprint density at radius 3 is 1.95 bits per heavy atom. The number of nitrogens with zero attached hydrogens (tertiary/aromatic N) is 3. The molecule has 0 radical (unpaired) electrons. The minimum absolute atomic E-state index is 0.0446. The molecule has 1 saturated heterocycles. The van der Waals surface area contributed by atoms with Gasteiger partial charge in [-0.3, -0.25) is 9.69 Å². The van der Waals surface area contributed by atoms with Gasteiger partial charge in [0.25, 0.3) is 5.91 Å². The molecule has 5 aromatic rings. The van der Waals surface area contributed by atoms with Gasteiger partial charge in [-0.1, -0.05) is 91.0 Å². The summed E-state index contributed by atoms with van der Waals surface area (Å²) in [5.74, 6) is -0.396. The van der Waals surface area contributed by atoms with E-state index in [4.69, 9.17) is 0 Å². The van der Waals surface area contributed by atoms with E-state index in [2.05, 4.69) is 58.4 Å². The van der Waals surface area contributed by atoms with Crippen LogP contribution in [0, 0.1) is 5.82 Å². The predicted molar refractivity (Wildman–Crippen MR) is 149 cm³/mol. The molecule has 1 amide bonds. The molecule has 6 rings (SSSR count). The van der Waals surface area contributed by atoms with Crippen molar-refractivity contribution in [1.82, 2.24) is 14.8 Å². The summed E-state index contributed by atoms with van der Waals surface area (Å²) in [5.41, 5.74) is 4.59. The molecule has 2 heterocycles. The Labute approximate surface area is 222 Å². The summed E-state index contributed by atoms with van der Waals surface area (Å²) in [6.07, 6.45) is 0. The number of amides is 1. The van der Waals surface area contributed by atoms with E-state index < -0.39 is 0 Å². The van der Waals surface area contributed by atoms with Crippen LogP contribution in [-0.4, -0.2) is 46.9 Å². The van der Waals surface area contributed by atoms with Crippen LogP contribution in [-0.2, 0) is 0 Å². The molecule has 0 aliphatic carbocycles. The summed E-state index contributed by atoms with van der Waals surface area (Å²) in [6.45, 7) is 2.73. The van der Waals surface area contributed by atoms with Crippen molar-refractivity contribution in [2.75, 3.05) is 26.2 Å². The SMILES string of the molecule is O=C(c1cc(-c2ccccc2F)nc2ccccc12)N1CCN(C(c2ccccc2)c2ccccc2)CC1. The first-order chi connectivity index (χ1) is 18.7. The highest BCUT2D eigenvalue weighted by atomic mass is 19.1. The molecule has 4 nitrogen and oxygen atoms in total. The fourth-order valence-electron chi connectivity index (χ4n) is 5.40. The molecule has 0 atom stereocenters. The highest BCUT2D eigenvalue weighted by Crippen LogP contribution is 2.31. The number of hydrogen-bond donors (Lipinski definition) is 0. The number of pyridine rings is 1. The van der Waals surface area contributed by atoms with E-state index >= 15 is 0 Å². The molecule has 188 valence electrons. The lowest BCUT2D eigenvalue weighted by Gasteiger charge is -2.40. The minimum atomic E-state index is -0.352. The number of piperazine rings is 1. The van der Waals surface area contributed by atoms with Gasteiger partial charge in [0.15, 0.2) is 0 Å². The van der Waals surface area contributed by atoms with Crippen LogP contribution in [0.3, 0.4) is 0 Å². The number of rotatable bonds is 5. The fourth-order valence-corrected chi connectivity index (χ4v) is 5.40. The van der Waals surface area contributed by atoms with Crippen LogP contribution in [0.1, 0.15) is 27.5 Å². The van der Waals surface area contributed by atoms with Gasteiger partial charge in [0.2, 0.25) is 0 Å². The van der Waals surface area contributed by atoms with Gasteiger partial charge in [0.1, 0.15) is 5.82 Å². The van der Waals surface area contributed by atoms with E-state index in [1.54, 1.807) is 24.3 Å². The van der Waals surface area contributed by atoms with E-state index in [0.717, 1.165) is 18.5 Å². The van der Waals surface area contributed by atoms with E-state index in [1.165, 1.54) is 17.2 Å². The van der Waals surface area contributed by atoms with Crippen LogP contribution in [0.15, 0.2) is 115 Å². The molecule has 4 aromatic carbocycles. The Kier molecular flexibility index (Phi) is 6.67. The van der Waals surface area contributed by atoms with Crippen molar-refractivity contribution in [3.63, 3.8) is 0 Å². The molecule has 5 heteroatoms. The first kappa shape index (κ1) is 24.0. The third-order valence-electron chi connectivity index (χ3n) is 7.29. The number of carbonyl (C=O) groups is 1. The highest BCUT2D eigenvalue weighted by molar-refractivity contribution is 6.07. The lowest BCUT2D eigenvalue weighted by molar-refractivity contribution is 0.0599. The maximum Gasteiger partial charge on any atom is 0.254 e. The molecular formula is C33H28FN3O. The third-order valence-corrected chi connectivity index (χ3v) is 7.29. The van der Waals surface area contributed by atoms with Gasteiger partial charge < -0.3 is 4.90 Å². The van der Waals surface area contributed by atoms with Crippen molar-refractivity contribution < 1.29 is 9.18 Å². The molecule has 0 bridgehead atoms. The quantitative estimate of drug-likeness (QED) is 0.273. The van der Waals surface area contributed by atoms with E-state index in [1.807, 2.05) is 41.3 Å². The second-order valence-electron chi connectivity index (χ2n) is 9.60. The molecule has 1 aromatic heterocycles. The fraction of sp³-hybridized carbons (Fsp3) is 0.152. The Hall–Kier alpha value is -4.35. The lowest BCUT2D eigenvalue weighted by Crippen LogP contribution is -2.49. The predicted octanol–water partition coefficient (Wildman–Crippen LogP) is 6.59. The summed E-state index contributed by atoms with van der Waals surface area (Å²) < 4.78 is 14.6. The van der Waals surface area contributed by atoms with Crippen LogP contribution in [0.2, 0.25) is 0 Å². The maximum absolute atomic E-state index is 14.6. The zero-order valence-electron chi connectivity index (χ0n) is 21.0. The average molecular weight is 502 g/mol. The number of para-hydroxylation sites is 1. The molecule has 0 saturated carbocycles. The number of benzene rings is 4. The summed E-state index contributed by atoms with van der Waals surface area (Å²) in [7, 11) is 0. The van der Waals surface area contributed by atoms with Gasteiger partial charge in [-0.25, -0.2) is 9.37 Å². The molecule has 0 spiro atoms. The van der Waals surface area contributed by atoms with Gasteiger partial charge in [-0.05, 0) is 35.4 Å². The summed E-state index contributed by atoms with van der Waals surface area (Å²) >= 11 is 0. The van der Waals surface area contributed by atoms with Crippen molar-refractivity contribution >= 4 is 16.8 Å². The largest absolute Gasteiger partial charge is 0.336 e. The van der Waals surface area contributed by atoms with Gasteiger partial charge in [0, 0.05) is 37.1 Å². The topological polar surface area (TPSA) is 36.4 Å². The van der Waals surface area contributed by atoms with Crippen LogP contribution in [0.5, 0.6) is 0 Å². The number of hydrogen-bond acceptors (Lipinski definition) is 3. The van der Waals surface area contributed by atoms with Gasteiger partial charge in [-0.2, -0.15) is 0 Å². The van der Waals surface area contributed by atoms with E-state index in [-0.39, 0.29) is 17.8 Å². The summed E-state index contributed by atoms with van der Waals surface area (Å²) in [4.78, 5) is 22.9. The van der Waals surface area contributed by atoms with Crippen LogP contribution in [0.25, 0.3) is 22.2 Å². The Morgan fingerprint density at radius 1 is 0.711 bits per heavy atom. The smallest absolute Gasteiger partial charge is 0.254 e. The number of carbonyl (C=O) groups excluding carboxylic acids is 1. The zero-order chi connectivity index (χ0) is 25.9. The average Bonchev–Trinajstić information content (AvgIpc) is 2.98. The molecule has 38 heavy (non-hydrogen) atoms. The Bertz CT molecular complexity index is 1520. The zero-order valence-corrected chi connectivity index (χ0v) is 21.0. The number of fused-ring (bicyclic) bond motifs is 1. The second kappa shape index (κ2) is 10.6. The lowest BCUT2D eigenvalue weighted by atomic mass is 9.96. The standard InChI is InChI=1S/C33H28FN3O/c34-29-17-9-7-16-27(29)31-23-28(26-15-8-10-18-30(26)35-31)33(38)37-21-19-36(20-22-37)32(24-11-3-1-4-12-24)25-13-5-2-6-14-25/h1-18,23,32H,19-22H2. The minimum Gasteiger partial charge on any atom is -0.336 e. The second-order valence-corrected chi connectivity index (χ2v) is 9.60. The molecule has 1 aliphatic heterocycles. The third kappa shape index (κ3) is 4.69. The molecule has 1 fully saturated rings. The number of halogens is 1. The maximum atomic E-state index is 14.6. The molecule has 0 N–H and O–H groups in total. The van der Waals surface area contributed by atoms with Gasteiger partial charge in [-0.15, -0.1) is 0 Å².